The van der Waals surface area contributed by atoms with Gasteiger partial charge in [0.1, 0.15) is 17.6 Å². The molecule has 2 heterocycles. The Labute approximate surface area is 163 Å². The van der Waals surface area contributed by atoms with Crippen LogP contribution in [0, 0.1) is 5.92 Å². The maximum atomic E-state index is 6.54. The van der Waals surface area contributed by atoms with Gasteiger partial charge in [0, 0.05) is 23.5 Å². The summed E-state index contributed by atoms with van der Waals surface area (Å²) in [5, 5.41) is 0. The van der Waals surface area contributed by atoms with Crippen molar-refractivity contribution in [1.82, 2.24) is 0 Å². The zero-order chi connectivity index (χ0) is 18.7. The molecule has 0 aromatic heterocycles. The van der Waals surface area contributed by atoms with Crippen LogP contribution < -0.4 is 18.9 Å². The number of rotatable bonds is 2. The molecule has 28 heavy (non-hydrogen) atoms. The van der Waals surface area contributed by atoms with Gasteiger partial charge in [-0.05, 0) is 41.3 Å². The van der Waals surface area contributed by atoms with E-state index in [-0.39, 0.29) is 18.8 Å². The molecule has 0 unspecified atom stereocenters. The Bertz CT molecular complexity index is 1060. The van der Waals surface area contributed by atoms with Gasteiger partial charge in [-0.25, -0.2) is 0 Å². The van der Waals surface area contributed by atoms with Gasteiger partial charge >= 0.3 is 0 Å². The first-order valence-electron chi connectivity index (χ1n) is 9.64. The number of fused-ring (bicyclic) bond motifs is 5. The van der Waals surface area contributed by atoms with Crippen LogP contribution in [0.5, 0.6) is 23.0 Å². The quantitative estimate of drug-likeness (QED) is 0.644. The number of hydrogen-bond donors (Lipinski definition) is 0. The van der Waals surface area contributed by atoms with E-state index in [4.69, 9.17) is 18.9 Å². The predicted octanol–water partition coefficient (Wildman–Crippen LogP) is 4.86. The van der Waals surface area contributed by atoms with Crippen LogP contribution in [0.2, 0.25) is 0 Å². The molecule has 0 fully saturated rings. The largest absolute Gasteiger partial charge is 0.497 e. The fourth-order valence-corrected chi connectivity index (χ4v) is 4.92. The second-order valence-electron chi connectivity index (χ2n) is 7.60. The Hall–Kier alpha value is -3.14. The highest BCUT2D eigenvalue weighted by Crippen LogP contribution is 2.56. The molecule has 3 atom stereocenters. The van der Waals surface area contributed by atoms with Gasteiger partial charge in [0.2, 0.25) is 6.79 Å². The van der Waals surface area contributed by atoms with Crippen LogP contribution >= 0.6 is 0 Å². The van der Waals surface area contributed by atoms with E-state index in [2.05, 4.69) is 42.5 Å². The zero-order valence-corrected chi connectivity index (χ0v) is 15.6. The summed E-state index contributed by atoms with van der Waals surface area (Å²) in [7, 11) is 1.70. The summed E-state index contributed by atoms with van der Waals surface area (Å²) in [5.74, 6) is 3.89. The number of benzene rings is 3. The molecule has 3 aromatic carbocycles. The normalized spacial score (nSPS) is 23.4. The summed E-state index contributed by atoms with van der Waals surface area (Å²) < 4.78 is 23.2. The van der Waals surface area contributed by atoms with Crippen LogP contribution in [0.15, 0.2) is 60.7 Å². The lowest BCUT2D eigenvalue weighted by Crippen LogP contribution is -2.28. The number of hydrogen-bond acceptors (Lipinski definition) is 4. The minimum absolute atomic E-state index is 0.0520. The molecular weight excluding hydrogens is 352 g/mol. The lowest BCUT2D eigenvalue weighted by Gasteiger charge is -2.37. The zero-order valence-electron chi connectivity index (χ0n) is 15.6. The first kappa shape index (κ1) is 15.9. The molecule has 4 nitrogen and oxygen atoms in total. The van der Waals surface area contributed by atoms with E-state index in [1.807, 2.05) is 18.2 Å². The van der Waals surface area contributed by atoms with Crippen LogP contribution in [0.25, 0.3) is 0 Å². The van der Waals surface area contributed by atoms with E-state index < -0.39 is 0 Å². The van der Waals surface area contributed by atoms with E-state index in [9.17, 15) is 0 Å². The molecule has 140 valence electrons. The third kappa shape index (κ3) is 2.24. The van der Waals surface area contributed by atoms with Gasteiger partial charge in [-0.15, -0.1) is 0 Å². The molecule has 0 saturated carbocycles. The summed E-state index contributed by atoms with van der Waals surface area (Å²) in [6.07, 6.45) is 1.06. The summed E-state index contributed by atoms with van der Waals surface area (Å²) >= 11 is 0. The Morgan fingerprint density at radius 3 is 2.46 bits per heavy atom. The smallest absolute Gasteiger partial charge is 0.231 e. The van der Waals surface area contributed by atoms with Gasteiger partial charge in [-0.3, -0.25) is 0 Å². The van der Waals surface area contributed by atoms with Gasteiger partial charge in [0.05, 0.1) is 7.11 Å². The van der Waals surface area contributed by atoms with Crippen molar-refractivity contribution < 1.29 is 18.9 Å². The second kappa shape index (κ2) is 5.93. The molecular formula is C24H20O4. The van der Waals surface area contributed by atoms with Gasteiger partial charge in [0.15, 0.2) is 11.5 Å². The third-order valence-electron chi connectivity index (χ3n) is 6.20. The predicted molar refractivity (Wildman–Crippen MR) is 104 cm³/mol. The average Bonchev–Trinajstić information content (AvgIpc) is 3.34. The summed E-state index contributed by atoms with van der Waals surface area (Å²) in [6, 6.07) is 21.1. The first-order chi connectivity index (χ1) is 13.8. The van der Waals surface area contributed by atoms with Crippen molar-refractivity contribution in [2.24, 2.45) is 5.92 Å². The molecule has 1 aliphatic carbocycles. The lowest BCUT2D eigenvalue weighted by atomic mass is 9.76. The Morgan fingerprint density at radius 2 is 1.64 bits per heavy atom. The van der Waals surface area contributed by atoms with Gasteiger partial charge in [-0.1, -0.05) is 36.4 Å². The van der Waals surface area contributed by atoms with Crippen LogP contribution in [0.4, 0.5) is 0 Å². The number of methoxy groups -OCH3 is 1. The Morgan fingerprint density at radius 1 is 0.857 bits per heavy atom. The second-order valence-corrected chi connectivity index (χ2v) is 7.60. The summed E-state index contributed by atoms with van der Waals surface area (Å²) in [6.45, 7) is 0.265. The molecule has 6 rings (SSSR count). The lowest BCUT2D eigenvalue weighted by molar-refractivity contribution is 0.115. The molecule has 3 aliphatic rings. The molecule has 2 aliphatic heterocycles. The van der Waals surface area contributed by atoms with E-state index in [0.29, 0.717) is 5.92 Å². The Kier molecular flexibility index (Phi) is 3.36. The van der Waals surface area contributed by atoms with E-state index in [1.54, 1.807) is 7.11 Å². The summed E-state index contributed by atoms with van der Waals surface area (Å²) in [4.78, 5) is 0. The van der Waals surface area contributed by atoms with Crippen LogP contribution in [-0.4, -0.2) is 13.9 Å². The molecule has 0 radical (unpaired) electrons. The third-order valence-corrected chi connectivity index (χ3v) is 6.20. The van der Waals surface area contributed by atoms with Crippen LogP contribution in [-0.2, 0) is 6.42 Å². The average molecular weight is 372 g/mol. The molecule has 0 N–H and O–H groups in total. The van der Waals surface area contributed by atoms with E-state index >= 15 is 0 Å². The number of ether oxygens (including phenoxy) is 4. The van der Waals surface area contributed by atoms with Crippen LogP contribution in [0.3, 0.4) is 0 Å². The fourth-order valence-electron chi connectivity index (χ4n) is 4.92. The maximum Gasteiger partial charge on any atom is 0.231 e. The van der Waals surface area contributed by atoms with Gasteiger partial charge in [-0.2, -0.15) is 0 Å². The summed E-state index contributed by atoms with van der Waals surface area (Å²) in [5.41, 5.74) is 5.12. The minimum atomic E-state index is 0.0520. The molecule has 0 saturated heterocycles. The molecule has 0 spiro atoms. The molecule has 0 amide bonds. The standard InChI is InChI=1S/C24H20O4/c1-25-16-8-6-14(7-9-16)23-18-11-21-22(27-13-26-21)12-20(18)28-24-17-5-3-2-4-15(17)10-19(23)24/h2-9,11-12,19,23-24H,10,13H2,1H3/t19-,23-,24-/m1/s1. The highest BCUT2D eigenvalue weighted by Gasteiger charge is 2.45. The molecule has 4 heteroatoms. The van der Waals surface area contributed by atoms with E-state index in [0.717, 1.165) is 29.4 Å². The van der Waals surface area contributed by atoms with E-state index in [1.165, 1.54) is 22.3 Å². The molecule has 3 aromatic rings. The monoisotopic (exact) mass is 372 g/mol. The van der Waals surface area contributed by atoms with Gasteiger partial charge < -0.3 is 18.9 Å². The SMILES string of the molecule is COc1ccc([C@@H]2c3cc4c(cc3O[C@@H]3c5ccccc5C[C@H]23)OCO4)cc1. The van der Waals surface area contributed by atoms with Crippen molar-refractivity contribution >= 4 is 0 Å². The van der Waals surface area contributed by atoms with Crippen molar-refractivity contribution in [3.05, 3.63) is 82.9 Å². The first-order valence-corrected chi connectivity index (χ1v) is 9.64. The highest BCUT2D eigenvalue weighted by atomic mass is 16.7. The van der Waals surface area contributed by atoms with Crippen molar-refractivity contribution in [2.75, 3.05) is 13.9 Å². The fraction of sp³-hybridized carbons (Fsp3) is 0.250. The Balaban J connectivity index is 1.52. The minimum Gasteiger partial charge on any atom is -0.497 e. The highest BCUT2D eigenvalue weighted by molar-refractivity contribution is 5.58. The molecule has 0 bridgehead atoms. The van der Waals surface area contributed by atoms with Crippen molar-refractivity contribution in [3.8, 4) is 23.0 Å². The van der Waals surface area contributed by atoms with Crippen LogP contribution in [0.1, 0.15) is 34.3 Å². The van der Waals surface area contributed by atoms with Crippen molar-refractivity contribution in [1.29, 1.82) is 0 Å². The van der Waals surface area contributed by atoms with Crippen molar-refractivity contribution in [2.45, 2.75) is 18.4 Å². The van der Waals surface area contributed by atoms with Gasteiger partial charge in [0.25, 0.3) is 0 Å². The topological polar surface area (TPSA) is 36.9 Å². The maximum absolute atomic E-state index is 6.54. The van der Waals surface area contributed by atoms with Crippen molar-refractivity contribution in [3.63, 3.8) is 0 Å².